The lowest BCUT2D eigenvalue weighted by molar-refractivity contribution is -0.137. The standard InChI is InChI=1S/C9H11NO2/c1-4-5-12-9(11)8(6-10)7(2)3/h4H,1,5H2,2-3H3. The molecule has 0 N–H and O–H groups in total. The van der Waals surface area contributed by atoms with Gasteiger partial charge in [-0.3, -0.25) is 0 Å². The first-order valence-electron chi connectivity index (χ1n) is 3.49. The van der Waals surface area contributed by atoms with Crippen LogP contribution >= 0.6 is 0 Å². The smallest absolute Gasteiger partial charge is 0.349 e. The van der Waals surface area contributed by atoms with Crippen LogP contribution in [0.3, 0.4) is 0 Å². The largest absolute Gasteiger partial charge is 0.457 e. The second kappa shape index (κ2) is 5.14. The molecule has 12 heavy (non-hydrogen) atoms. The van der Waals surface area contributed by atoms with Crippen LogP contribution in [0, 0.1) is 11.3 Å². The Kier molecular flexibility index (Phi) is 4.47. The van der Waals surface area contributed by atoms with E-state index in [0.29, 0.717) is 5.57 Å². The Hall–Kier alpha value is -1.56. The molecule has 0 aromatic rings. The number of carbonyl (C=O) groups is 1. The Balaban J connectivity index is 4.38. The zero-order valence-electron chi connectivity index (χ0n) is 7.26. The Labute approximate surface area is 71.9 Å². The molecule has 0 saturated carbocycles. The highest BCUT2D eigenvalue weighted by Crippen LogP contribution is 2.03. The molecule has 3 nitrogen and oxygen atoms in total. The predicted molar refractivity (Wildman–Crippen MR) is 45.1 cm³/mol. The molecule has 0 radical (unpaired) electrons. The summed E-state index contributed by atoms with van der Waals surface area (Å²) in [6.07, 6.45) is 1.46. The van der Waals surface area contributed by atoms with E-state index in [-0.39, 0.29) is 12.2 Å². The minimum absolute atomic E-state index is 0.0665. The number of ether oxygens (including phenoxy) is 1. The molecule has 64 valence electrons. The number of nitriles is 1. The highest BCUT2D eigenvalue weighted by molar-refractivity contribution is 5.93. The van der Waals surface area contributed by atoms with Crippen LogP contribution in [0.2, 0.25) is 0 Å². The number of hydrogen-bond donors (Lipinski definition) is 0. The van der Waals surface area contributed by atoms with Crippen LogP contribution in [0.4, 0.5) is 0 Å². The lowest BCUT2D eigenvalue weighted by atomic mass is 10.2. The van der Waals surface area contributed by atoms with Crippen LogP contribution in [0.5, 0.6) is 0 Å². The summed E-state index contributed by atoms with van der Waals surface area (Å²) in [6.45, 7) is 6.90. The number of rotatable bonds is 3. The number of esters is 1. The molecule has 0 aliphatic heterocycles. The monoisotopic (exact) mass is 165 g/mol. The van der Waals surface area contributed by atoms with E-state index in [1.54, 1.807) is 19.9 Å². The Bertz CT molecular complexity index is 254. The number of carbonyl (C=O) groups excluding carboxylic acids is 1. The lowest BCUT2D eigenvalue weighted by Gasteiger charge is -2.00. The van der Waals surface area contributed by atoms with Gasteiger partial charge in [0.15, 0.2) is 0 Å². The van der Waals surface area contributed by atoms with E-state index in [2.05, 4.69) is 11.3 Å². The predicted octanol–water partition coefficient (Wildman–Crippen LogP) is 1.58. The van der Waals surface area contributed by atoms with Gasteiger partial charge < -0.3 is 4.74 Å². The van der Waals surface area contributed by atoms with Crippen molar-refractivity contribution in [3.63, 3.8) is 0 Å². The van der Waals surface area contributed by atoms with Gasteiger partial charge in [0.05, 0.1) is 0 Å². The Morgan fingerprint density at radius 2 is 2.25 bits per heavy atom. The van der Waals surface area contributed by atoms with Crippen molar-refractivity contribution >= 4 is 5.97 Å². The van der Waals surface area contributed by atoms with E-state index in [9.17, 15) is 4.79 Å². The summed E-state index contributed by atoms with van der Waals surface area (Å²) in [4.78, 5) is 11.0. The molecule has 3 heteroatoms. The van der Waals surface area contributed by atoms with Crippen LogP contribution in [0.25, 0.3) is 0 Å². The average Bonchev–Trinajstić information content (AvgIpc) is 2.01. The fourth-order valence-electron chi connectivity index (χ4n) is 0.568. The van der Waals surface area contributed by atoms with Crippen molar-refractivity contribution in [1.82, 2.24) is 0 Å². The second-order valence-electron chi connectivity index (χ2n) is 2.37. The molecule has 0 heterocycles. The molecule has 0 aliphatic carbocycles. The van der Waals surface area contributed by atoms with Gasteiger partial charge in [-0.1, -0.05) is 18.2 Å². The summed E-state index contributed by atoms with van der Waals surface area (Å²) < 4.78 is 4.67. The van der Waals surface area contributed by atoms with Gasteiger partial charge in [-0.15, -0.1) is 0 Å². The summed E-state index contributed by atoms with van der Waals surface area (Å²) in [5.41, 5.74) is 0.725. The van der Waals surface area contributed by atoms with Gasteiger partial charge in [0.1, 0.15) is 18.2 Å². The molecular formula is C9H11NO2. The molecule has 0 rings (SSSR count). The fraction of sp³-hybridized carbons (Fsp3) is 0.333. The maximum Gasteiger partial charge on any atom is 0.349 e. The van der Waals surface area contributed by atoms with Crippen LogP contribution in [-0.4, -0.2) is 12.6 Å². The van der Waals surface area contributed by atoms with Crippen molar-refractivity contribution < 1.29 is 9.53 Å². The van der Waals surface area contributed by atoms with Crippen molar-refractivity contribution in [1.29, 1.82) is 5.26 Å². The minimum atomic E-state index is -0.586. The van der Waals surface area contributed by atoms with Gasteiger partial charge >= 0.3 is 5.97 Å². The molecule has 0 spiro atoms. The molecule has 0 aromatic heterocycles. The van der Waals surface area contributed by atoms with E-state index in [0.717, 1.165) is 0 Å². The molecule has 0 atom stereocenters. The van der Waals surface area contributed by atoms with E-state index >= 15 is 0 Å². The number of hydrogen-bond acceptors (Lipinski definition) is 3. The quantitative estimate of drug-likeness (QED) is 0.276. The normalized spacial score (nSPS) is 8.08. The summed E-state index contributed by atoms with van der Waals surface area (Å²) in [5.74, 6) is -0.586. The lowest BCUT2D eigenvalue weighted by Crippen LogP contribution is -2.07. The summed E-state index contributed by atoms with van der Waals surface area (Å²) in [6, 6.07) is 1.78. The molecule has 0 fully saturated rings. The minimum Gasteiger partial charge on any atom is -0.457 e. The average molecular weight is 165 g/mol. The van der Waals surface area contributed by atoms with Crippen LogP contribution in [0.1, 0.15) is 13.8 Å². The highest BCUT2D eigenvalue weighted by Gasteiger charge is 2.10. The van der Waals surface area contributed by atoms with Crippen LogP contribution in [-0.2, 0) is 9.53 Å². The maximum absolute atomic E-state index is 11.0. The number of nitrogens with zero attached hydrogens (tertiary/aromatic N) is 1. The van der Waals surface area contributed by atoms with E-state index in [1.165, 1.54) is 6.08 Å². The van der Waals surface area contributed by atoms with Crippen molar-refractivity contribution in [2.75, 3.05) is 6.61 Å². The molecule has 0 bridgehead atoms. The Morgan fingerprint density at radius 3 is 2.58 bits per heavy atom. The van der Waals surface area contributed by atoms with Gasteiger partial charge in [0, 0.05) is 0 Å². The van der Waals surface area contributed by atoms with Crippen molar-refractivity contribution in [2.24, 2.45) is 0 Å². The van der Waals surface area contributed by atoms with Gasteiger partial charge in [-0.2, -0.15) is 5.26 Å². The molecular weight excluding hydrogens is 154 g/mol. The third kappa shape index (κ3) is 3.02. The molecule has 0 amide bonds. The molecule has 0 aliphatic rings. The molecule has 0 unspecified atom stereocenters. The maximum atomic E-state index is 11.0. The van der Waals surface area contributed by atoms with E-state index in [1.807, 2.05) is 0 Å². The van der Waals surface area contributed by atoms with Crippen molar-refractivity contribution in [3.05, 3.63) is 23.8 Å². The van der Waals surface area contributed by atoms with Crippen molar-refractivity contribution in [3.8, 4) is 6.07 Å². The van der Waals surface area contributed by atoms with Gasteiger partial charge in [0.25, 0.3) is 0 Å². The first kappa shape index (κ1) is 10.4. The fourth-order valence-corrected chi connectivity index (χ4v) is 0.568. The third-order valence-corrected chi connectivity index (χ3v) is 1.15. The Morgan fingerprint density at radius 1 is 1.67 bits per heavy atom. The topological polar surface area (TPSA) is 50.1 Å². The van der Waals surface area contributed by atoms with Gasteiger partial charge in [0.2, 0.25) is 0 Å². The summed E-state index contributed by atoms with van der Waals surface area (Å²) >= 11 is 0. The highest BCUT2D eigenvalue weighted by atomic mass is 16.5. The van der Waals surface area contributed by atoms with Gasteiger partial charge in [-0.25, -0.2) is 4.79 Å². The van der Waals surface area contributed by atoms with Crippen molar-refractivity contribution in [2.45, 2.75) is 13.8 Å². The third-order valence-electron chi connectivity index (χ3n) is 1.15. The van der Waals surface area contributed by atoms with Crippen LogP contribution in [0.15, 0.2) is 23.8 Å². The van der Waals surface area contributed by atoms with E-state index < -0.39 is 5.97 Å². The molecule has 0 aromatic carbocycles. The first-order chi connectivity index (χ1) is 5.63. The zero-order chi connectivity index (χ0) is 9.56. The molecule has 0 saturated heterocycles. The van der Waals surface area contributed by atoms with Gasteiger partial charge in [-0.05, 0) is 13.8 Å². The summed E-state index contributed by atoms with van der Waals surface area (Å²) in [5, 5.41) is 8.53. The summed E-state index contributed by atoms with van der Waals surface area (Å²) in [7, 11) is 0. The van der Waals surface area contributed by atoms with E-state index in [4.69, 9.17) is 5.26 Å². The van der Waals surface area contributed by atoms with Crippen LogP contribution < -0.4 is 0 Å². The first-order valence-corrected chi connectivity index (χ1v) is 3.49. The number of allylic oxidation sites excluding steroid dienone is 1. The SMILES string of the molecule is C=CCOC(=O)C(C#N)=C(C)C. The second-order valence-corrected chi connectivity index (χ2v) is 2.37. The zero-order valence-corrected chi connectivity index (χ0v) is 7.26.